The highest BCUT2D eigenvalue weighted by Crippen LogP contribution is 2.28. The topological polar surface area (TPSA) is 59.1 Å². The van der Waals surface area contributed by atoms with Crippen molar-refractivity contribution < 1.29 is 8.42 Å². The summed E-state index contributed by atoms with van der Waals surface area (Å²) in [6.45, 7) is 2.06. The molecular formula is C11H14BrClN2O2S. The minimum atomic E-state index is -3.60. The second-order valence-electron chi connectivity index (χ2n) is 4.58. The predicted molar refractivity (Wildman–Crippen MR) is 74.1 cm³/mol. The van der Waals surface area contributed by atoms with Crippen LogP contribution in [0.25, 0.3) is 0 Å². The number of pyridine rings is 1. The van der Waals surface area contributed by atoms with Crippen molar-refractivity contribution in [2.24, 2.45) is 5.92 Å². The summed E-state index contributed by atoms with van der Waals surface area (Å²) in [5.41, 5.74) is 0. The highest BCUT2D eigenvalue weighted by Gasteiger charge is 2.29. The zero-order valence-corrected chi connectivity index (χ0v) is 13.0. The molecule has 0 aromatic carbocycles. The second kappa shape index (κ2) is 5.45. The van der Waals surface area contributed by atoms with Crippen molar-refractivity contribution in [2.75, 3.05) is 0 Å². The van der Waals surface area contributed by atoms with E-state index in [-0.39, 0.29) is 16.1 Å². The van der Waals surface area contributed by atoms with Crippen molar-refractivity contribution in [3.05, 3.63) is 21.9 Å². The summed E-state index contributed by atoms with van der Waals surface area (Å²) in [6.07, 6.45) is 4.45. The van der Waals surface area contributed by atoms with Crippen LogP contribution in [0.1, 0.15) is 26.2 Å². The summed E-state index contributed by atoms with van der Waals surface area (Å²) in [6, 6.07) is 1.46. The number of halogens is 2. The van der Waals surface area contributed by atoms with Gasteiger partial charge in [0.05, 0.1) is 0 Å². The third-order valence-corrected chi connectivity index (χ3v) is 5.58. The summed E-state index contributed by atoms with van der Waals surface area (Å²) in [4.78, 5) is 3.86. The van der Waals surface area contributed by atoms with Gasteiger partial charge in [0.25, 0.3) is 0 Å². The van der Waals surface area contributed by atoms with Gasteiger partial charge in [-0.1, -0.05) is 24.9 Å². The van der Waals surface area contributed by atoms with Crippen molar-refractivity contribution in [2.45, 2.75) is 37.1 Å². The molecule has 2 atom stereocenters. The fourth-order valence-corrected chi connectivity index (χ4v) is 4.50. The average Bonchev–Trinajstić information content (AvgIpc) is 2.67. The van der Waals surface area contributed by atoms with Crippen molar-refractivity contribution in [3.8, 4) is 0 Å². The molecule has 18 heavy (non-hydrogen) atoms. The maximum absolute atomic E-state index is 12.3. The van der Waals surface area contributed by atoms with Gasteiger partial charge in [0.2, 0.25) is 10.0 Å². The SMILES string of the molecule is CC1CCCC1NS(=O)(=O)c1cc(Br)cnc1Cl. The van der Waals surface area contributed by atoms with Crippen LogP contribution in [0.15, 0.2) is 21.6 Å². The van der Waals surface area contributed by atoms with Crippen molar-refractivity contribution in [1.29, 1.82) is 0 Å². The number of rotatable bonds is 3. The van der Waals surface area contributed by atoms with E-state index < -0.39 is 10.0 Å². The van der Waals surface area contributed by atoms with E-state index in [2.05, 4.69) is 32.6 Å². The number of sulfonamides is 1. The lowest BCUT2D eigenvalue weighted by molar-refractivity contribution is 0.476. The van der Waals surface area contributed by atoms with Crippen molar-refractivity contribution in [3.63, 3.8) is 0 Å². The van der Waals surface area contributed by atoms with Gasteiger partial charge >= 0.3 is 0 Å². The Kier molecular flexibility index (Phi) is 4.31. The molecule has 100 valence electrons. The Bertz CT molecular complexity index is 550. The Morgan fingerprint density at radius 2 is 2.22 bits per heavy atom. The minimum Gasteiger partial charge on any atom is -0.242 e. The van der Waals surface area contributed by atoms with Crippen LogP contribution in [-0.2, 0) is 10.0 Å². The molecule has 1 N–H and O–H groups in total. The molecule has 0 amide bonds. The smallest absolute Gasteiger partial charge is 0.242 e. The van der Waals surface area contributed by atoms with Crippen molar-refractivity contribution in [1.82, 2.24) is 9.71 Å². The molecule has 1 aromatic heterocycles. The van der Waals surface area contributed by atoms with Crippen LogP contribution in [-0.4, -0.2) is 19.4 Å². The van der Waals surface area contributed by atoms with Crippen molar-refractivity contribution >= 4 is 37.6 Å². The number of hydrogen-bond donors (Lipinski definition) is 1. The molecular weight excluding hydrogens is 340 g/mol. The zero-order valence-electron chi connectivity index (χ0n) is 9.86. The van der Waals surface area contributed by atoms with E-state index in [9.17, 15) is 8.42 Å². The van der Waals surface area contributed by atoms with Crippen LogP contribution in [0.5, 0.6) is 0 Å². The molecule has 1 aliphatic rings. The lowest BCUT2D eigenvalue weighted by atomic mass is 10.1. The first-order valence-corrected chi connectivity index (χ1v) is 8.39. The largest absolute Gasteiger partial charge is 0.243 e. The van der Waals surface area contributed by atoms with Gasteiger partial charge in [-0.05, 0) is 40.8 Å². The summed E-state index contributed by atoms with van der Waals surface area (Å²) >= 11 is 9.05. The molecule has 4 nitrogen and oxygen atoms in total. The normalized spacial score (nSPS) is 24.4. The van der Waals surface area contributed by atoms with E-state index in [4.69, 9.17) is 11.6 Å². The second-order valence-corrected chi connectivity index (χ2v) is 7.53. The predicted octanol–water partition coefficient (Wildman–Crippen LogP) is 2.96. The molecule has 7 heteroatoms. The fourth-order valence-electron chi connectivity index (χ4n) is 2.18. The standard InChI is InChI=1S/C11H14BrClN2O2S/c1-7-3-2-4-9(7)15-18(16,17)10-5-8(12)6-14-11(10)13/h5-7,9,15H,2-4H2,1H3. The summed E-state index contributed by atoms with van der Waals surface area (Å²) in [7, 11) is -3.60. The number of nitrogens with one attached hydrogen (secondary N) is 1. The number of nitrogens with zero attached hydrogens (tertiary/aromatic N) is 1. The van der Waals surface area contributed by atoms with Crippen LogP contribution in [0, 0.1) is 5.92 Å². The molecule has 1 heterocycles. The Morgan fingerprint density at radius 1 is 1.50 bits per heavy atom. The number of aromatic nitrogens is 1. The molecule has 1 saturated carbocycles. The Labute approximate surface area is 120 Å². The molecule has 1 fully saturated rings. The van der Waals surface area contributed by atoms with Gasteiger partial charge in [0.1, 0.15) is 10.0 Å². The zero-order chi connectivity index (χ0) is 13.3. The summed E-state index contributed by atoms with van der Waals surface area (Å²) in [5, 5.41) is -0.00338. The lowest BCUT2D eigenvalue weighted by Gasteiger charge is -2.17. The van der Waals surface area contributed by atoms with Crippen LogP contribution in [0.2, 0.25) is 5.15 Å². The molecule has 0 aliphatic heterocycles. The van der Waals surface area contributed by atoms with E-state index in [1.807, 2.05) is 0 Å². The molecule has 0 bridgehead atoms. The van der Waals surface area contributed by atoms with Crippen LogP contribution >= 0.6 is 27.5 Å². The van der Waals surface area contributed by atoms with E-state index in [0.717, 1.165) is 19.3 Å². The molecule has 1 aliphatic carbocycles. The molecule has 2 unspecified atom stereocenters. The molecule has 1 aromatic rings. The van der Waals surface area contributed by atoms with Gasteiger partial charge in [-0.25, -0.2) is 18.1 Å². The monoisotopic (exact) mass is 352 g/mol. The number of hydrogen-bond acceptors (Lipinski definition) is 3. The highest BCUT2D eigenvalue weighted by atomic mass is 79.9. The Balaban J connectivity index is 2.28. The molecule has 0 saturated heterocycles. The average molecular weight is 354 g/mol. The van der Waals surface area contributed by atoms with Gasteiger partial charge in [-0.15, -0.1) is 0 Å². The van der Waals surface area contributed by atoms with E-state index in [1.165, 1.54) is 12.3 Å². The molecule has 2 rings (SSSR count). The minimum absolute atomic E-state index is 0.00338. The van der Waals surface area contributed by atoms with Gasteiger partial charge < -0.3 is 0 Å². The van der Waals surface area contributed by atoms with Crippen LogP contribution in [0.4, 0.5) is 0 Å². The fraction of sp³-hybridized carbons (Fsp3) is 0.545. The van der Waals surface area contributed by atoms with Gasteiger partial charge in [-0.2, -0.15) is 0 Å². The highest BCUT2D eigenvalue weighted by molar-refractivity contribution is 9.10. The maximum Gasteiger partial charge on any atom is 0.243 e. The van der Waals surface area contributed by atoms with Gasteiger partial charge in [0, 0.05) is 16.7 Å². The van der Waals surface area contributed by atoms with Crippen LogP contribution < -0.4 is 4.72 Å². The van der Waals surface area contributed by atoms with E-state index in [1.54, 1.807) is 0 Å². The van der Waals surface area contributed by atoms with Gasteiger partial charge in [-0.3, -0.25) is 0 Å². The third-order valence-electron chi connectivity index (χ3n) is 3.23. The Hall–Kier alpha value is -0.170. The first kappa shape index (κ1) is 14.2. The maximum atomic E-state index is 12.3. The lowest BCUT2D eigenvalue weighted by Crippen LogP contribution is -2.36. The summed E-state index contributed by atoms with van der Waals surface area (Å²) < 4.78 is 27.8. The summed E-state index contributed by atoms with van der Waals surface area (Å²) in [5.74, 6) is 0.360. The first-order valence-electron chi connectivity index (χ1n) is 5.73. The molecule has 0 radical (unpaired) electrons. The molecule has 0 spiro atoms. The van der Waals surface area contributed by atoms with Gasteiger partial charge in [0.15, 0.2) is 0 Å². The first-order chi connectivity index (χ1) is 8.40. The van der Waals surface area contributed by atoms with E-state index >= 15 is 0 Å². The Morgan fingerprint density at radius 3 is 2.83 bits per heavy atom. The van der Waals surface area contributed by atoms with Crippen LogP contribution in [0.3, 0.4) is 0 Å². The quantitative estimate of drug-likeness (QED) is 0.850. The third kappa shape index (κ3) is 3.04. The van der Waals surface area contributed by atoms with E-state index in [0.29, 0.717) is 10.4 Å².